The first-order valence-electron chi connectivity index (χ1n) is 8.18. The minimum Gasteiger partial charge on any atom is -0.497 e. The Hall–Kier alpha value is -3.00. The Bertz CT molecular complexity index is 693. The number of carbonyl (C=O) groups excluding carboxylic acids is 1. The number of nitrogens with zero attached hydrogens (tertiary/aromatic N) is 2. The van der Waals surface area contributed by atoms with Crippen molar-refractivity contribution in [3.05, 3.63) is 60.2 Å². The van der Waals surface area contributed by atoms with Crippen LogP contribution in [0.25, 0.3) is 0 Å². The van der Waals surface area contributed by atoms with E-state index in [9.17, 15) is 4.79 Å². The first-order chi connectivity index (χ1) is 12.2. The highest BCUT2D eigenvalue weighted by molar-refractivity contribution is 5.77. The summed E-state index contributed by atoms with van der Waals surface area (Å²) in [6.45, 7) is 0.928. The van der Waals surface area contributed by atoms with Gasteiger partial charge in [0.05, 0.1) is 19.6 Å². The van der Waals surface area contributed by atoms with Crippen molar-refractivity contribution in [3.8, 4) is 17.6 Å². The predicted molar refractivity (Wildman–Crippen MR) is 95.4 cm³/mol. The van der Waals surface area contributed by atoms with Gasteiger partial charge in [0.15, 0.2) is 6.61 Å². The molecule has 0 atom stereocenters. The van der Waals surface area contributed by atoms with Crippen LogP contribution in [-0.2, 0) is 11.2 Å². The summed E-state index contributed by atoms with van der Waals surface area (Å²) in [5.74, 6) is 1.22. The van der Waals surface area contributed by atoms with E-state index in [2.05, 4.69) is 6.07 Å². The van der Waals surface area contributed by atoms with E-state index in [1.807, 2.05) is 30.3 Å². The monoisotopic (exact) mass is 338 g/mol. The summed E-state index contributed by atoms with van der Waals surface area (Å²) in [7, 11) is 1.60. The molecule has 0 spiro atoms. The van der Waals surface area contributed by atoms with Gasteiger partial charge in [-0.05, 0) is 36.2 Å². The van der Waals surface area contributed by atoms with Crippen LogP contribution in [0.4, 0.5) is 0 Å². The summed E-state index contributed by atoms with van der Waals surface area (Å²) in [4.78, 5) is 14.1. The van der Waals surface area contributed by atoms with Crippen molar-refractivity contribution in [1.82, 2.24) is 4.90 Å². The van der Waals surface area contributed by atoms with E-state index < -0.39 is 0 Å². The average Bonchev–Trinajstić information content (AvgIpc) is 2.67. The smallest absolute Gasteiger partial charge is 0.260 e. The van der Waals surface area contributed by atoms with Crippen LogP contribution in [0, 0.1) is 11.3 Å². The zero-order valence-corrected chi connectivity index (χ0v) is 14.4. The Kier molecular flexibility index (Phi) is 7.33. The van der Waals surface area contributed by atoms with Crippen LogP contribution in [0.3, 0.4) is 0 Å². The number of nitriles is 1. The van der Waals surface area contributed by atoms with E-state index in [1.165, 1.54) is 0 Å². The SMILES string of the molecule is COc1ccc(OCC(=O)N(CCC#N)CCc2ccccc2)cc1. The van der Waals surface area contributed by atoms with Gasteiger partial charge in [0.1, 0.15) is 11.5 Å². The average molecular weight is 338 g/mol. The lowest BCUT2D eigenvalue weighted by Gasteiger charge is -2.22. The lowest BCUT2D eigenvalue weighted by Crippen LogP contribution is -2.37. The maximum atomic E-state index is 12.4. The molecule has 5 heteroatoms. The molecule has 0 aliphatic heterocycles. The van der Waals surface area contributed by atoms with E-state index in [4.69, 9.17) is 14.7 Å². The molecule has 130 valence electrons. The van der Waals surface area contributed by atoms with Crippen LogP contribution in [0.2, 0.25) is 0 Å². The zero-order valence-electron chi connectivity index (χ0n) is 14.4. The number of ether oxygens (including phenoxy) is 2. The number of benzene rings is 2. The third-order valence-corrected chi connectivity index (χ3v) is 3.78. The van der Waals surface area contributed by atoms with E-state index in [0.717, 1.165) is 17.7 Å². The second-order valence-corrected chi connectivity index (χ2v) is 5.49. The van der Waals surface area contributed by atoms with Crippen molar-refractivity contribution in [2.24, 2.45) is 0 Å². The highest BCUT2D eigenvalue weighted by Gasteiger charge is 2.14. The molecule has 0 N–H and O–H groups in total. The Morgan fingerprint density at radius 3 is 2.36 bits per heavy atom. The fourth-order valence-electron chi connectivity index (χ4n) is 2.36. The third kappa shape index (κ3) is 6.19. The molecule has 2 rings (SSSR count). The number of amides is 1. The van der Waals surface area contributed by atoms with Crippen LogP contribution in [0.1, 0.15) is 12.0 Å². The van der Waals surface area contributed by atoms with Crippen molar-refractivity contribution >= 4 is 5.91 Å². The Balaban J connectivity index is 1.89. The van der Waals surface area contributed by atoms with Crippen molar-refractivity contribution in [2.75, 3.05) is 26.8 Å². The predicted octanol–water partition coefficient (Wildman–Crippen LogP) is 3.06. The van der Waals surface area contributed by atoms with Gasteiger partial charge in [-0.1, -0.05) is 30.3 Å². The van der Waals surface area contributed by atoms with Crippen LogP contribution in [0.5, 0.6) is 11.5 Å². The van der Waals surface area contributed by atoms with E-state index in [-0.39, 0.29) is 12.5 Å². The Labute approximate surface area is 148 Å². The van der Waals surface area contributed by atoms with E-state index >= 15 is 0 Å². The molecule has 0 unspecified atom stereocenters. The fraction of sp³-hybridized carbons (Fsp3) is 0.300. The molecule has 0 saturated heterocycles. The largest absolute Gasteiger partial charge is 0.497 e. The third-order valence-electron chi connectivity index (χ3n) is 3.78. The van der Waals surface area contributed by atoms with Gasteiger partial charge in [0, 0.05) is 13.1 Å². The van der Waals surface area contributed by atoms with Gasteiger partial charge >= 0.3 is 0 Å². The van der Waals surface area contributed by atoms with E-state index in [0.29, 0.717) is 25.3 Å². The second-order valence-electron chi connectivity index (χ2n) is 5.49. The molecule has 1 amide bonds. The molecular weight excluding hydrogens is 316 g/mol. The molecule has 2 aromatic rings. The maximum Gasteiger partial charge on any atom is 0.260 e. The van der Waals surface area contributed by atoms with Gasteiger partial charge in [-0.15, -0.1) is 0 Å². The molecule has 0 aliphatic rings. The molecule has 0 bridgehead atoms. The molecular formula is C20H22N2O3. The summed E-state index contributed by atoms with van der Waals surface area (Å²) in [6.07, 6.45) is 1.06. The second kappa shape index (κ2) is 9.99. The maximum absolute atomic E-state index is 12.4. The van der Waals surface area contributed by atoms with Gasteiger partial charge < -0.3 is 14.4 Å². The van der Waals surface area contributed by atoms with Crippen LogP contribution >= 0.6 is 0 Å². The first-order valence-corrected chi connectivity index (χ1v) is 8.18. The topological polar surface area (TPSA) is 62.6 Å². The van der Waals surface area contributed by atoms with Crippen molar-refractivity contribution in [1.29, 1.82) is 5.26 Å². The normalized spacial score (nSPS) is 9.92. The van der Waals surface area contributed by atoms with E-state index in [1.54, 1.807) is 36.3 Å². The minimum absolute atomic E-state index is 0.0491. The zero-order chi connectivity index (χ0) is 17.9. The number of rotatable bonds is 9. The summed E-state index contributed by atoms with van der Waals surface area (Å²) >= 11 is 0. The molecule has 0 fully saturated rings. The molecule has 5 nitrogen and oxygen atoms in total. The lowest BCUT2D eigenvalue weighted by molar-refractivity contribution is -0.133. The molecule has 2 aromatic carbocycles. The summed E-state index contributed by atoms with van der Waals surface area (Å²) in [5.41, 5.74) is 1.16. The van der Waals surface area contributed by atoms with Crippen LogP contribution in [-0.4, -0.2) is 37.6 Å². The van der Waals surface area contributed by atoms with Crippen molar-refractivity contribution in [2.45, 2.75) is 12.8 Å². The molecule has 0 saturated carbocycles. The van der Waals surface area contributed by atoms with Gasteiger partial charge in [-0.2, -0.15) is 5.26 Å². The quantitative estimate of drug-likeness (QED) is 0.705. The van der Waals surface area contributed by atoms with Gasteiger partial charge in [-0.3, -0.25) is 4.79 Å². The van der Waals surface area contributed by atoms with Crippen molar-refractivity contribution in [3.63, 3.8) is 0 Å². The lowest BCUT2D eigenvalue weighted by atomic mass is 10.1. The van der Waals surface area contributed by atoms with Crippen molar-refractivity contribution < 1.29 is 14.3 Å². The Morgan fingerprint density at radius 2 is 1.72 bits per heavy atom. The number of hydrogen-bond donors (Lipinski definition) is 0. The summed E-state index contributed by atoms with van der Waals surface area (Å²) in [6, 6.07) is 19.1. The fourth-order valence-corrected chi connectivity index (χ4v) is 2.36. The number of methoxy groups -OCH3 is 1. The Morgan fingerprint density at radius 1 is 1.04 bits per heavy atom. The molecule has 25 heavy (non-hydrogen) atoms. The number of carbonyl (C=O) groups is 1. The number of hydrogen-bond acceptors (Lipinski definition) is 4. The highest BCUT2D eigenvalue weighted by Crippen LogP contribution is 2.17. The molecule has 0 radical (unpaired) electrons. The first kappa shape index (κ1) is 18.3. The molecule has 0 aromatic heterocycles. The molecule has 0 aliphatic carbocycles. The van der Waals surface area contributed by atoms with Gasteiger partial charge in [-0.25, -0.2) is 0 Å². The highest BCUT2D eigenvalue weighted by atomic mass is 16.5. The minimum atomic E-state index is -0.123. The summed E-state index contributed by atoms with van der Waals surface area (Å²) in [5, 5.41) is 8.81. The molecule has 0 heterocycles. The van der Waals surface area contributed by atoms with Gasteiger partial charge in [0.25, 0.3) is 5.91 Å². The van der Waals surface area contributed by atoms with Crippen LogP contribution in [0.15, 0.2) is 54.6 Å². The summed E-state index contributed by atoms with van der Waals surface area (Å²) < 4.78 is 10.6. The van der Waals surface area contributed by atoms with Gasteiger partial charge in [0.2, 0.25) is 0 Å². The standard InChI is InChI=1S/C20H22N2O3/c1-24-18-8-10-19(11-9-18)25-16-20(23)22(14-5-13-21)15-12-17-6-3-2-4-7-17/h2-4,6-11H,5,12,14-16H2,1H3. The van der Waals surface area contributed by atoms with Crippen LogP contribution < -0.4 is 9.47 Å².